The maximum atomic E-state index is 13.9. The number of anilines is 1. The second-order valence-electron chi connectivity index (χ2n) is 4.57. The van der Waals surface area contributed by atoms with E-state index in [9.17, 15) is 9.18 Å². The van der Waals surface area contributed by atoms with Crippen LogP contribution in [0.1, 0.15) is 12.7 Å². The van der Waals surface area contributed by atoms with Crippen LogP contribution in [0.15, 0.2) is 29.3 Å². The van der Waals surface area contributed by atoms with Crippen molar-refractivity contribution in [1.29, 1.82) is 0 Å². The number of fused-ring (bicyclic) bond motifs is 1. The largest absolute Gasteiger partial charge is 0.382 e. The fourth-order valence-electron chi connectivity index (χ4n) is 2.18. The Morgan fingerprint density at radius 2 is 2.09 bits per heavy atom. The Hall–Kier alpha value is -2.54. The van der Waals surface area contributed by atoms with Crippen LogP contribution in [0.5, 0.6) is 0 Å². The number of aryl methyl sites for hydroxylation is 1. The minimum atomic E-state index is -0.596. The average molecular weight is 320 g/mol. The van der Waals surface area contributed by atoms with Crippen LogP contribution in [0.25, 0.3) is 16.7 Å². The summed E-state index contributed by atoms with van der Waals surface area (Å²) < 4.78 is 15.2. The van der Waals surface area contributed by atoms with Crippen molar-refractivity contribution >= 4 is 28.3 Å². The quantitative estimate of drug-likeness (QED) is 0.781. The van der Waals surface area contributed by atoms with Crippen LogP contribution in [0, 0.1) is 5.82 Å². The normalized spacial score (nSPS) is 11.0. The molecule has 0 fully saturated rings. The number of nitrogens with two attached hydrogens (primary N) is 1. The van der Waals surface area contributed by atoms with Crippen LogP contribution >= 0.6 is 11.6 Å². The molecule has 0 saturated heterocycles. The summed E-state index contributed by atoms with van der Waals surface area (Å²) in [4.78, 5) is 24.9. The van der Waals surface area contributed by atoms with Crippen molar-refractivity contribution in [3.63, 3.8) is 0 Å². The van der Waals surface area contributed by atoms with E-state index in [0.29, 0.717) is 12.2 Å². The predicted molar refractivity (Wildman–Crippen MR) is 81.7 cm³/mol. The minimum Gasteiger partial charge on any atom is -0.382 e. The van der Waals surface area contributed by atoms with E-state index in [1.165, 1.54) is 29.1 Å². The van der Waals surface area contributed by atoms with Crippen molar-refractivity contribution in [2.45, 2.75) is 13.3 Å². The monoisotopic (exact) mass is 319 g/mol. The zero-order valence-corrected chi connectivity index (χ0v) is 12.3. The van der Waals surface area contributed by atoms with E-state index in [2.05, 4.69) is 15.0 Å². The third kappa shape index (κ3) is 2.19. The van der Waals surface area contributed by atoms with Gasteiger partial charge in [0.15, 0.2) is 5.82 Å². The van der Waals surface area contributed by atoms with Crippen LogP contribution in [0.4, 0.5) is 10.2 Å². The molecular weight excluding hydrogens is 309 g/mol. The second kappa shape index (κ2) is 5.34. The van der Waals surface area contributed by atoms with E-state index in [0.717, 1.165) is 0 Å². The number of halogens is 2. The van der Waals surface area contributed by atoms with Crippen LogP contribution in [0.3, 0.4) is 0 Å². The fourth-order valence-corrected chi connectivity index (χ4v) is 2.42. The Kier molecular flexibility index (Phi) is 3.50. The first-order valence-electron chi connectivity index (χ1n) is 6.50. The number of nitrogens with zero attached hydrogens (tertiary/aromatic N) is 4. The lowest BCUT2D eigenvalue weighted by atomic mass is 10.2. The van der Waals surface area contributed by atoms with E-state index < -0.39 is 11.4 Å². The van der Waals surface area contributed by atoms with Gasteiger partial charge in [-0.1, -0.05) is 18.5 Å². The van der Waals surface area contributed by atoms with Gasteiger partial charge >= 0.3 is 0 Å². The molecule has 8 heteroatoms. The number of hydrogen-bond donors (Lipinski definition) is 1. The summed E-state index contributed by atoms with van der Waals surface area (Å²) in [6.07, 6.45) is 3.10. The number of nitrogen functional groups attached to an aromatic ring is 1. The van der Waals surface area contributed by atoms with Gasteiger partial charge in [-0.25, -0.2) is 23.9 Å². The van der Waals surface area contributed by atoms with Gasteiger partial charge in [-0.2, -0.15) is 0 Å². The van der Waals surface area contributed by atoms with E-state index >= 15 is 0 Å². The van der Waals surface area contributed by atoms with Crippen LogP contribution in [-0.4, -0.2) is 19.5 Å². The summed E-state index contributed by atoms with van der Waals surface area (Å²) in [7, 11) is 0. The Bertz CT molecular complexity index is 923. The van der Waals surface area contributed by atoms with Gasteiger partial charge in [0.2, 0.25) is 0 Å². The lowest BCUT2D eigenvalue weighted by Gasteiger charge is -2.12. The topological polar surface area (TPSA) is 86.7 Å². The van der Waals surface area contributed by atoms with Crippen LogP contribution in [0.2, 0.25) is 5.02 Å². The first-order valence-corrected chi connectivity index (χ1v) is 6.88. The van der Waals surface area contributed by atoms with Gasteiger partial charge in [-0.05, 0) is 12.1 Å². The molecule has 0 radical (unpaired) electrons. The lowest BCUT2D eigenvalue weighted by Crippen LogP contribution is -2.25. The van der Waals surface area contributed by atoms with Gasteiger partial charge in [-0.15, -0.1) is 0 Å². The van der Waals surface area contributed by atoms with Crippen LogP contribution in [-0.2, 0) is 6.42 Å². The molecule has 0 aliphatic heterocycles. The molecular formula is C14H11ClFN5O. The second-order valence-corrected chi connectivity index (χ2v) is 4.98. The molecule has 0 amide bonds. The molecule has 2 heterocycles. The van der Waals surface area contributed by atoms with Crippen molar-refractivity contribution in [1.82, 2.24) is 19.5 Å². The predicted octanol–water partition coefficient (Wildman–Crippen LogP) is 2.11. The third-order valence-corrected chi connectivity index (χ3v) is 3.51. The Balaban J connectivity index is 2.44. The smallest absolute Gasteiger partial charge is 0.268 e. The van der Waals surface area contributed by atoms with Gasteiger partial charge in [0.1, 0.15) is 23.0 Å². The molecule has 0 atom stereocenters. The van der Waals surface area contributed by atoms with E-state index in [1.807, 2.05) is 0 Å². The van der Waals surface area contributed by atoms with Crippen molar-refractivity contribution in [3.8, 4) is 5.82 Å². The molecule has 0 unspecified atom stereocenters. The molecule has 0 spiro atoms. The molecule has 6 nitrogen and oxygen atoms in total. The van der Waals surface area contributed by atoms with Gasteiger partial charge in [0.05, 0.1) is 22.8 Å². The molecule has 0 saturated carbocycles. The highest BCUT2D eigenvalue weighted by Crippen LogP contribution is 2.22. The fraction of sp³-hybridized carbons (Fsp3) is 0.143. The summed E-state index contributed by atoms with van der Waals surface area (Å²) in [5.74, 6) is 0.248. The highest BCUT2D eigenvalue weighted by atomic mass is 35.5. The van der Waals surface area contributed by atoms with E-state index in [4.69, 9.17) is 17.3 Å². The molecule has 112 valence electrons. The molecule has 3 aromatic rings. The van der Waals surface area contributed by atoms with Crippen molar-refractivity contribution in [3.05, 3.63) is 51.5 Å². The summed E-state index contributed by atoms with van der Waals surface area (Å²) in [5.41, 5.74) is 4.96. The Morgan fingerprint density at radius 3 is 2.73 bits per heavy atom. The van der Waals surface area contributed by atoms with Crippen molar-refractivity contribution in [2.24, 2.45) is 0 Å². The number of benzene rings is 1. The van der Waals surface area contributed by atoms with Gasteiger partial charge in [0.25, 0.3) is 5.56 Å². The molecule has 0 aliphatic rings. The maximum Gasteiger partial charge on any atom is 0.268 e. The Labute approximate surface area is 129 Å². The molecule has 3 rings (SSSR count). The van der Waals surface area contributed by atoms with Crippen LogP contribution < -0.4 is 11.3 Å². The average Bonchev–Trinajstić information content (AvgIpc) is 2.51. The molecule has 0 bridgehead atoms. The van der Waals surface area contributed by atoms with Gasteiger partial charge < -0.3 is 5.73 Å². The number of rotatable bonds is 2. The maximum absolute atomic E-state index is 13.9. The highest BCUT2D eigenvalue weighted by molar-refractivity contribution is 6.35. The number of hydrogen-bond acceptors (Lipinski definition) is 5. The summed E-state index contributed by atoms with van der Waals surface area (Å²) in [6.45, 7) is 1.80. The van der Waals surface area contributed by atoms with Gasteiger partial charge in [-0.3, -0.25) is 4.79 Å². The summed E-state index contributed by atoms with van der Waals surface area (Å²) in [6, 6.07) is 2.51. The van der Waals surface area contributed by atoms with E-state index in [1.54, 1.807) is 6.92 Å². The molecule has 2 N–H and O–H groups in total. The Morgan fingerprint density at radius 1 is 1.32 bits per heavy atom. The highest BCUT2D eigenvalue weighted by Gasteiger charge is 2.17. The standard InChI is InChI=1S/C14H11ClFN5O/c1-2-10-20-13-8(16)4-3-7(15)12(13)14(22)21(10)11-6-18-9(17)5-19-11/h3-6H,2H2,1H3,(H2,17,18). The van der Waals surface area contributed by atoms with E-state index in [-0.39, 0.29) is 27.6 Å². The molecule has 22 heavy (non-hydrogen) atoms. The molecule has 0 aliphatic carbocycles. The van der Waals surface area contributed by atoms with Crippen molar-refractivity contribution in [2.75, 3.05) is 5.73 Å². The van der Waals surface area contributed by atoms with Crippen molar-refractivity contribution < 1.29 is 4.39 Å². The number of aromatic nitrogens is 4. The zero-order valence-electron chi connectivity index (χ0n) is 11.5. The minimum absolute atomic E-state index is 0.0116. The summed E-state index contributed by atoms with van der Waals surface area (Å²) >= 11 is 6.04. The lowest BCUT2D eigenvalue weighted by molar-refractivity contribution is 0.634. The first-order chi connectivity index (χ1) is 10.5. The zero-order chi connectivity index (χ0) is 15.9. The summed E-state index contributed by atoms with van der Waals surface area (Å²) in [5, 5.41) is 0.145. The SMILES string of the molecule is CCc1nc2c(F)ccc(Cl)c2c(=O)n1-c1cnc(N)cn1. The third-order valence-electron chi connectivity index (χ3n) is 3.20. The first kappa shape index (κ1) is 14.4. The molecule has 2 aromatic heterocycles. The van der Waals surface area contributed by atoms with Gasteiger partial charge in [0, 0.05) is 6.42 Å². The molecule has 1 aromatic carbocycles.